The monoisotopic (exact) mass is 354 g/mol. The van der Waals surface area contributed by atoms with E-state index in [-0.39, 0.29) is 17.3 Å². The molecule has 1 aliphatic heterocycles. The summed E-state index contributed by atoms with van der Waals surface area (Å²) in [4.78, 5) is 5.77. The van der Waals surface area contributed by atoms with Gasteiger partial charge in [-0.3, -0.25) is 0 Å². The highest BCUT2D eigenvalue weighted by molar-refractivity contribution is 6.65. The van der Waals surface area contributed by atoms with Crippen molar-refractivity contribution in [3.63, 3.8) is 0 Å². The lowest BCUT2D eigenvalue weighted by atomic mass is 9.78. The van der Waals surface area contributed by atoms with Gasteiger partial charge in [0.15, 0.2) is 5.82 Å². The van der Waals surface area contributed by atoms with Crippen molar-refractivity contribution in [2.75, 3.05) is 0 Å². The van der Waals surface area contributed by atoms with E-state index in [1.54, 1.807) is 12.1 Å². The van der Waals surface area contributed by atoms with Gasteiger partial charge in [0.1, 0.15) is 11.5 Å². The van der Waals surface area contributed by atoms with Gasteiger partial charge in [0, 0.05) is 11.8 Å². The van der Waals surface area contributed by atoms with Crippen molar-refractivity contribution in [2.24, 2.45) is 11.0 Å². The molecule has 0 bridgehead atoms. The maximum Gasteiger partial charge on any atom is 0.416 e. The molecule has 0 N–H and O–H groups in total. The topological polar surface area (TPSA) is 43.1 Å². The number of alkyl halides is 3. The van der Waals surface area contributed by atoms with Crippen LogP contribution in [-0.4, -0.2) is 20.0 Å². The molecule has 1 fully saturated rings. The fourth-order valence-corrected chi connectivity index (χ4v) is 4.04. The minimum atomic E-state index is -4.31. The van der Waals surface area contributed by atoms with E-state index in [0.29, 0.717) is 11.6 Å². The summed E-state index contributed by atoms with van der Waals surface area (Å²) in [6.45, 7) is 2.07. The summed E-state index contributed by atoms with van der Waals surface area (Å²) in [5.41, 5.74) is -0.0240. The van der Waals surface area contributed by atoms with E-state index in [0.717, 1.165) is 29.9 Å². The van der Waals surface area contributed by atoms with Gasteiger partial charge in [-0.2, -0.15) is 13.2 Å². The summed E-state index contributed by atoms with van der Waals surface area (Å²) >= 11 is 6.16. The Morgan fingerprint density at radius 3 is 2.62 bits per heavy atom. The number of fused-ring (bicyclic) bond motifs is 1. The van der Waals surface area contributed by atoms with E-state index < -0.39 is 11.7 Å². The molecule has 4 rings (SSSR count). The second-order valence-corrected chi connectivity index (χ2v) is 7.05. The molecular weight excluding hydrogens is 341 g/mol. The molecule has 2 aromatic rings. The van der Waals surface area contributed by atoms with Gasteiger partial charge in [0.2, 0.25) is 0 Å². The minimum absolute atomic E-state index is 0.199. The normalized spacial score (nSPS) is 29.1. The van der Waals surface area contributed by atoms with Gasteiger partial charge in [0.05, 0.1) is 5.56 Å². The van der Waals surface area contributed by atoms with Crippen molar-refractivity contribution in [3.05, 3.63) is 47.5 Å². The van der Waals surface area contributed by atoms with Crippen LogP contribution in [0.4, 0.5) is 13.2 Å². The van der Waals surface area contributed by atoms with Crippen LogP contribution in [0.15, 0.2) is 35.7 Å². The SMILES string of the molecule is CC1([C@H]2C[C@@H]2c2ccc(C(F)(F)F)cc2)CC(Cl)=Nn2ncnc21. The van der Waals surface area contributed by atoms with Crippen LogP contribution in [0.1, 0.15) is 42.6 Å². The van der Waals surface area contributed by atoms with E-state index in [9.17, 15) is 13.2 Å². The van der Waals surface area contributed by atoms with Crippen molar-refractivity contribution in [1.82, 2.24) is 14.9 Å². The highest BCUT2D eigenvalue weighted by Crippen LogP contribution is 2.59. The van der Waals surface area contributed by atoms with E-state index in [1.165, 1.54) is 11.1 Å². The van der Waals surface area contributed by atoms with Crippen LogP contribution in [0, 0.1) is 5.92 Å². The van der Waals surface area contributed by atoms with Gasteiger partial charge in [-0.15, -0.1) is 15.0 Å². The molecule has 0 spiro atoms. The Morgan fingerprint density at radius 2 is 1.96 bits per heavy atom. The van der Waals surface area contributed by atoms with E-state index in [2.05, 4.69) is 22.1 Å². The Labute approximate surface area is 141 Å². The van der Waals surface area contributed by atoms with Crippen LogP contribution in [0.2, 0.25) is 0 Å². The highest BCUT2D eigenvalue weighted by Gasteiger charge is 2.55. The summed E-state index contributed by atoms with van der Waals surface area (Å²) in [5.74, 6) is 1.21. The van der Waals surface area contributed by atoms with E-state index >= 15 is 0 Å². The molecule has 8 heteroatoms. The number of hydrogen-bond acceptors (Lipinski definition) is 3. The third kappa shape index (κ3) is 2.42. The number of benzene rings is 1. The van der Waals surface area contributed by atoms with Crippen LogP contribution in [0.3, 0.4) is 0 Å². The molecule has 1 saturated carbocycles. The van der Waals surface area contributed by atoms with E-state index in [1.807, 2.05) is 0 Å². The predicted octanol–water partition coefficient (Wildman–Crippen LogP) is 4.16. The zero-order valence-electron chi connectivity index (χ0n) is 12.8. The highest BCUT2D eigenvalue weighted by atomic mass is 35.5. The summed E-state index contributed by atoms with van der Waals surface area (Å²) in [7, 11) is 0. The Bertz CT molecular complexity index is 811. The molecule has 126 valence electrons. The maximum atomic E-state index is 12.7. The molecule has 1 aliphatic carbocycles. The lowest BCUT2D eigenvalue weighted by Gasteiger charge is -2.31. The Balaban J connectivity index is 1.60. The molecule has 24 heavy (non-hydrogen) atoms. The fourth-order valence-electron chi connectivity index (χ4n) is 3.69. The predicted molar refractivity (Wildman–Crippen MR) is 83.0 cm³/mol. The molecular formula is C16H14ClF3N4. The number of halogens is 4. The first-order valence-corrected chi connectivity index (χ1v) is 7.98. The quantitative estimate of drug-likeness (QED) is 0.812. The largest absolute Gasteiger partial charge is 0.416 e. The van der Waals surface area contributed by atoms with Crippen LogP contribution in [0.25, 0.3) is 0 Å². The number of nitrogens with zero attached hydrogens (tertiary/aromatic N) is 4. The van der Waals surface area contributed by atoms with Crippen LogP contribution in [0.5, 0.6) is 0 Å². The third-order valence-corrected chi connectivity index (χ3v) is 5.24. The second-order valence-electron chi connectivity index (χ2n) is 6.61. The zero-order valence-corrected chi connectivity index (χ0v) is 13.5. The van der Waals surface area contributed by atoms with Gasteiger partial charge >= 0.3 is 6.18 Å². The first-order valence-electron chi connectivity index (χ1n) is 7.60. The average molecular weight is 355 g/mol. The lowest BCUT2D eigenvalue weighted by molar-refractivity contribution is -0.137. The van der Waals surface area contributed by atoms with Crippen LogP contribution < -0.4 is 0 Å². The van der Waals surface area contributed by atoms with Gasteiger partial charge in [-0.05, 0) is 36.0 Å². The maximum absolute atomic E-state index is 12.7. The standard InChI is InChI=1S/C16H14ClF3N4/c1-15(7-13(17)23-24-14(15)21-8-22-24)12-6-11(12)9-2-4-10(5-3-9)16(18,19)20/h2-5,8,11-12H,6-7H2,1H3/t11-,12+,15?/m1/s1. The summed E-state index contributed by atoms with van der Waals surface area (Å²) < 4.78 is 38.1. The van der Waals surface area contributed by atoms with Crippen LogP contribution >= 0.6 is 11.6 Å². The minimum Gasteiger partial charge on any atom is -0.217 e. The number of hydrogen-bond donors (Lipinski definition) is 0. The summed E-state index contributed by atoms with van der Waals surface area (Å²) in [6.07, 6.45) is -1.41. The average Bonchev–Trinajstić information content (AvgIpc) is 3.19. The molecule has 3 atom stereocenters. The van der Waals surface area contributed by atoms with Crippen molar-refractivity contribution in [2.45, 2.75) is 37.3 Å². The molecule has 4 nitrogen and oxygen atoms in total. The van der Waals surface area contributed by atoms with Gasteiger partial charge in [0.25, 0.3) is 0 Å². The van der Waals surface area contributed by atoms with Crippen molar-refractivity contribution >= 4 is 16.8 Å². The molecule has 2 heterocycles. The number of rotatable bonds is 2. The Morgan fingerprint density at radius 1 is 1.25 bits per heavy atom. The first kappa shape index (κ1) is 15.6. The molecule has 0 radical (unpaired) electrons. The zero-order chi connectivity index (χ0) is 17.1. The Hall–Kier alpha value is -1.89. The molecule has 1 aromatic heterocycles. The van der Waals surface area contributed by atoms with Crippen molar-refractivity contribution in [3.8, 4) is 0 Å². The molecule has 2 aliphatic rings. The summed E-state index contributed by atoms with van der Waals surface area (Å²) in [5, 5.41) is 8.67. The van der Waals surface area contributed by atoms with Gasteiger partial charge in [-0.1, -0.05) is 30.7 Å². The van der Waals surface area contributed by atoms with Gasteiger partial charge in [-0.25, -0.2) is 4.98 Å². The van der Waals surface area contributed by atoms with Gasteiger partial charge < -0.3 is 0 Å². The second kappa shape index (κ2) is 5.05. The van der Waals surface area contributed by atoms with Crippen LogP contribution in [-0.2, 0) is 11.6 Å². The molecule has 1 unspecified atom stereocenters. The summed E-state index contributed by atoms with van der Waals surface area (Å²) in [6, 6.07) is 5.43. The molecule has 1 aromatic carbocycles. The Kier molecular flexibility index (Phi) is 3.29. The fraction of sp³-hybridized carbons (Fsp3) is 0.438. The van der Waals surface area contributed by atoms with Crippen molar-refractivity contribution < 1.29 is 13.2 Å². The molecule has 0 amide bonds. The smallest absolute Gasteiger partial charge is 0.217 e. The molecule has 0 saturated heterocycles. The third-order valence-electron chi connectivity index (χ3n) is 5.03. The van der Waals surface area contributed by atoms with E-state index in [4.69, 9.17) is 11.6 Å². The van der Waals surface area contributed by atoms with Crippen molar-refractivity contribution in [1.29, 1.82) is 0 Å². The lowest BCUT2D eigenvalue weighted by Crippen LogP contribution is -2.34. The first-order chi connectivity index (χ1) is 11.3. The number of aromatic nitrogens is 3.